The molecule has 1 atom stereocenters. The van der Waals surface area contributed by atoms with Crippen LogP contribution < -0.4 is 10.4 Å². The number of aliphatic hydroxyl groups excluding tert-OH is 1. The number of ether oxygens (including phenoxy) is 1. The zero-order valence-electron chi connectivity index (χ0n) is 15.8. The molecule has 0 saturated carbocycles. The van der Waals surface area contributed by atoms with E-state index in [1.807, 2.05) is 30.3 Å². The molecule has 0 saturated heterocycles. The van der Waals surface area contributed by atoms with Crippen LogP contribution in [0.1, 0.15) is 24.2 Å². The van der Waals surface area contributed by atoms with Gasteiger partial charge in [0.05, 0.1) is 0 Å². The van der Waals surface area contributed by atoms with Gasteiger partial charge in [-0.05, 0) is 13.8 Å². The van der Waals surface area contributed by atoms with Crippen molar-refractivity contribution in [1.29, 1.82) is 0 Å². The second kappa shape index (κ2) is 5.99. The van der Waals surface area contributed by atoms with Crippen molar-refractivity contribution < 1.29 is 19.1 Å². The smallest absolute Gasteiger partial charge is 0.363 e. The van der Waals surface area contributed by atoms with Crippen molar-refractivity contribution in [3.8, 4) is 17.0 Å². The second-order valence-corrected chi connectivity index (χ2v) is 7.62. The Morgan fingerprint density at radius 2 is 1.62 bits per heavy atom. The Labute approximate surface area is 165 Å². The first-order valence-corrected chi connectivity index (χ1v) is 9.25. The molecule has 2 heterocycles. The van der Waals surface area contributed by atoms with Gasteiger partial charge in [0.25, 0.3) is 0 Å². The normalized spacial score (nSPS) is 17.9. The van der Waals surface area contributed by atoms with E-state index in [-0.39, 0.29) is 16.8 Å². The highest BCUT2D eigenvalue weighted by atomic mass is 16.5. The summed E-state index contributed by atoms with van der Waals surface area (Å²) in [6, 6.07) is 16.3. The number of nitrogens with zero attached hydrogens (tertiary/aromatic N) is 1. The fourth-order valence-electron chi connectivity index (χ4n) is 3.75. The minimum absolute atomic E-state index is 0.0305. The first kappa shape index (κ1) is 17.6. The number of ketones is 1. The van der Waals surface area contributed by atoms with Crippen molar-refractivity contribution >= 4 is 27.7 Å². The van der Waals surface area contributed by atoms with E-state index in [9.17, 15) is 14.7 Å². The van der Waals surface area contributed by atoms with Gasteiger partial charge < -0.3 is 14.3 Å². The first-order valence-electron chi connectivity index (χ1n) is 9.25. The molecule has 0 bridgehead atoms. The highest BCUT2D eigenvalue weighted by Gasteiger charge is 2.44. The molecular formula is C23H17NO5. The summed E-state index contributed by atoms with van der Waals surface area (Å²) in [6.45, 7) is 3.29. The van der Waals surface area contributed by atoms with Crippen molar-refractivity contribution in [3.63, 3.8) is 0 Å². The van der Waals surface area contributed by atoms with E-state index < -0.39 is 23.1 Å². The Balaban J connectivity index is 1.95. The molecule has 0 amide bonds. The molecule has 1 aliphatic rings. The van der Waals surface area contributed by atoms with Crippen molar-refractivity contribution in [1.82, 2.24) is 4.98 Å². The zero-order chi connectivity index (χ0) is 20.3. The lowest BCUT2D eigenvalue weighted by atomic mass is 9.87. The van der Waals surface area contributed by atoms with E-state index in [1.165, 1.54) is 0 Å². The van der Waals surface area contributed by atoms with Gasteiger partial charge >= 0.3 is 5.63 Å². The molecular weight excluding hydrogens is 370 g/mol. The number of rotatable bonds is 1. The topological polar surface area (TPSA) is 89.6 Å². The zero-order valence-corrected chi connectivity index (χ0v) is 15.8. The Hall–Kier alpha value is -3.51. The molecule has 0 aliphatic carbocycles. The van der Waals surface area contributed by atoms with Crippen LogP contribution in [-0.4, -0.2) is 27.6 Å². The van der Waals surface area contributed by atoms with Crippen LogP contribution in [0.4, 0.5) is 0 Å². The van der Waals surface area contributed by atoms with E-state index in [1.54, 1.807) is 38.1 Å². The minimum atomic E-state index is -1.39. The molecule has 6 heteroatoms. The van der Waals surface area contributed by atoms with Crippen molar-refractivity contribution in [3.05, 3.63) is 70.6 Å². The van der Waals surface area contributed by atoms with Gasteiger partial charge in [-0.15, -0.1) is 0 Å². The molecule has 6 nitrogen and oxygen atoms in total. The van der Waals surface area contributed by atoms with Crippen LogP contribution in [0.2, 0.25) is 0 Å². The molecule has 0 fully saturated rings. The van der Waals surface area contributed by atoms with Crippen LogP contribution in [-0.2, 0) is 0 Å². The van der Waals surface area contributed by atoms with Crippen molar-refractivity contribution in [2.24, 2.45) is 0 Å². The van der Waals surface area contributed by atoms with Gasteiger partial charge in [0.2, 0.25) is 5.78 Å². The fourth-order valence-corrected chi connectivity index (χ4v) is 3.75. The SMILES string of the molecule is CC1(C)Oc2c(c3oc(=O)c(-c4ccccc4)nc3c3ccccc23)C(=O)C1O. The fraction of sp³-hybridized carbons (Fsp3) is 0.174. The minimum Gasteiger partial charge on any atom is -0.483 e. The third-order valence-electron chi connectivity index (χ3n) is 5.27. The largest absolute Gasteiger partial charge is 0.483 e. The third kappa shape index (κ3) is 2.49. The predicted octanol–water partition coefficient (Wildman–Crippen LogP) is 3.72. The van der Waals surface area contributed by atoms with Gasteiger partial charge in [0, 0.05) is 16.3 Å². The van der Waals surface area contributed by atoms with E-state index in [2.05, 4.69) is 4.98 Å². The summed E-state index contributed by atoms with van der Waals surface area (Å²) in [5.74, 6) is -0.254. The van der Waals surface area contributed by atoms with Gasteiger partial charge in [-0.1, -0.05) is 54.6 Å². The summed E-state index contributed by atoms with van der Waals surface area (Å²) in [7, 11) is 0. The van der Waals surface area contributed by atoms with Gasteiger partial charge in [-0.25, -0.2) is 9.78 Å². The summed E-state index contributed by atoms with van der Waals surface area (Å²) in [5, 5.41) is 11.8. The van der Waals surface area contributed by atoms with E-state index in [4.69, 9.17) is 9.15 Å². The summed E-state index contributed by atoms with van der Waals surface area (Å²) >= 11 is 0. The number of carbonyl (C=O) groups excluding carboxylic acids is 1. The lowest BCUT2D eigenvalue weighted by Gasteiger charge is -2.36. The van der Waals surface area contributed by atoms with E-state index in [0.29, 0.717) is 27.6 Å². The average molecular weight is 387 g/mol. The number of aliphatic hydroxyl groups is 1. The number of carbonyl (C=O) groups is 1. The van der Waals surface area contributed by atoms with E-state index >= 15 is 0 Å². The molecule has 0 spiro atoms. The number of aromatic nitrogens is 1. The van der Waals surface area contributed by atoms with E-state index in [0.717, 1.165) is 0 Å². The first-order chi connectivity index (χ1) is 13.9. The van der Waals surface area contributed by atoms with Crippen LogP contribution in [0, 0.1) is 0 Å². The lowest BCUT2D eigenvalue weighted by Crippen LogP contribution is -2.50. The predicted molar refractivity (Wildman–Crippen MR) is 108 cm³/mol. The number of Topliss-reactive ketones (excluding diaryl/α,β-unsaturated/α-hetero) is 1. The van der Waals surface area contributed by atoms with Gasteiger partial charge in [0.1, 0.15) is 22.4 Å². The molecule has 1 unspecified atom stereocenters. The van der Waals surface area contributed by atoms with Crippen LogP contribution >= 0.6 is 0 Å². The number of hydrogen-bond acceptors (Lipinski definition) is 6. The maximum atomic E-state index is 13.0. The van der Waals surface area contributed by atoms with Crippen LogP contribution in [0.25, 0.3) is 33.1 Å². The number of fused-ring (bicyclic) bond motifs is 6. The van der Waals surface area contributed by atoms with Crippen LogP contribution in [0.3, 0.4) is 0 Å². The Morgan fingerprint density at radius 1 is 0.966 bits per heavy atom. The maximum absolute atomic E-state index is 13.0. The Morgan fingerprint density at radius 3 is 2.34 bits per heavy atom. The highest BCUT2D eigenvalue weighted by molar-refractivity contribution is 6.20. The van der Waals surface area contributed by atoms with Crippen LogP contribution in [0.5, 0.6) is 5.75 Å². The molecule has 3 aromatic carbocycles. The Kier molecular flexibility index (Phi) is 3.63. The molecule has 1 N–H and O–H groups in total. The molecule has 5 rings (SSSR count). The van der Waals surface area contributed by atoms with Crippen molar-refractivity contribution in [2.45, 2.75) is 25.6 Å². The molecule has 29 heavy (non-hydrogen) atoms. The highest BCUT2D eigenvalue weighted by Crippen LogP contribution is 2.43. The summed E-state index contributed by atoms with van der Waals surface area (Å²) in [4.78, 5) is 30.3. The quantitative estimate of drug-likeness (QED) is 0.501. The summed E-state index contributed by atoms with van der Waals surface area (Å²) in [6.07, 6.45) is -1.39. The molecule has 1 aliphatic heterocycles. The van der Waals surface area contributed by atoms with Crippen LogP contribution in [0.15, 0.2) is 63.8 Å². The van der Waals surface area contributed by atoms with Gasteiger partial charge in [0.15, 0.2) is 17.4 Å². The average Bonchev–Trinajstić information content (AvgIpc) is 2.72. The summed E-state index contributed by atoms with van der Waals surface area (Å²) in [5.41, 5.74) is -0.535. The molecule has 1 aromatic heterocycles. The molecule has 0 radical (unpaired) electrons. The Bertz CT molecular complexity index is 1350. The number of benzene rings is 3. The van der Waals surface area contributed by atoms with Gasteiger partial charge in [-0.3, -0.25) is 4.79 Å². The molecule has 4 aromatic rings. The maximum Gasteiger partial charge on any atom is 0.363 e. The third-order valence-corrected chi connectivity index (χ3v) is 5.27. The summed E-state index contributed by atoms with van der Waals surface area (Å²) < 4.78 is 11.6. The second-order valence-electron chi connectivity index (χ2n) is 7.62. The lowest BCUT2D eigenvalue weighted by molar-refractivity contribution is -0.0238. The van der Waals surface area contributed by atoms with Gasteiger partial charge in [-0.2, -0.15) is 0 Å². The molecule has 144 valence electrons. The van der Waals surface area contributed by atoms with Crippen molar-refractivity contribution in [2.75, 3.05) is 0 Å². The standard InChI is InChI=1S/C23H17NO5/c1-23(2)21(26)18(25)15-19(29-23)14-11-7-6-10-13(14)17-20(15)28-22(27)16(24-17)12-8-4-3-5-9-12/h3-11,21,26H,1-2H3. The monoisotopic (exact) mass is 387 g/mol. The number of hydrogen-bond donors (Lipinski definition) is 1.